The van der Waals surface area contributed by atoms with Crippen LogP contribution in [0.4, 0.5) is 4.39 Å². The normalized spacial score (nSPS) is 20.9. The van der Waals surface area contributed by atoms with Gasteiger partial charge in [-0.05, 0) is 31.5 Å². The average Bonchev–Trinajstić information content (AvgIpc) is 2.73. The number of pyridine rings is 1. The number of fused-ring (bicyclic) bond motifs is 1. The van der Waals surface area contributed by atoms with Gasteiger partial charge in [0.05, 0.1) is 0 Å². The number of piperidine rings is 1. The summed E-state index contributed by atoms with van der Waals surface area (Å²) in [5.74, 6) is 0.578. The van der Waals surface area contributed by atoms with Gasteiger partial charge < -0.3 is 5.32 Å². The first-order valence-corrected chi connectivity index (χ1v) is 6.05. The maximum atomic E-state index is 13.2. The van der Waals surface area contributed by atoms with Gasteiger partial charge in [-0.1, -0.05) is 6.42 Å². The largest absolute Gasteiger partial charge is 0.314 e. The van der Waals surface area contributed by atoms with Gasteiger partial charge in [-0.15, -0.1) is 10.2 Å². The van der Waals surface area contributed by atoms with E-state index in [1.165, 1.54) is 25.1 Å². The number of nitrogens with zero attached hydrogens (tertiary/aromatic N) is 3. The maximum Gasteiger partial charge on any atom is 0.160 e. The van der Waals surface area contributed by atoms with E-state index in [1.807, 2.05) is 0 Å². The van der Waals surface area contributed by atoms with Crippen molar-refractivity contribution in [3.8, 4) is 0 Å². The molecule has 17 heavy (non-hydrogen) atoms. The van der Waals surface area contributed by atoms with Crippen molar-refractivity contribution in [1.29, 1.82) is 0 Å². The fraction of sp³-hybridized carbons (Fsp3) is 0.500. The lowest BCUT2D eigenvalue weighted by molar-refractivity contribution is 0.393. The summed E-state index contributed by atoms with van der Waals surface area (Å²) in [6, 6.07) is 3.51. The molecule has 3 rings (SSSR count). The van der Waals surface area contributed by atoms with Crippen molar-refractivity contribution >= 4 is 5.65 Å². The average molecular weight is 234 g/mol. The van der Waals surface area contributed by atoms with E-state index in [0.717, 1.165) is 25.2 Å². The Balaban J connectivity index is 1.86. The summed E-state index contributed by atoms with van der Waals surface area (Å²) < 4.78 is 14.9. The topological polar surface area (TPSA) is 42.2 Å². The van der Waals surface area contributed by atoms with Crippen LogP contribution in [-0.2, 0) is 6.42 Å². The predicted octanol–water partition coefficient (Wildman–Crippen LogP) is 1.55. The molecule has 2 aromatic rings. The Hall–Kier alpha value is -1.49. The van der Waals surface area contributed by atoms with Gasteiger partial charge in [-0.25, -0.2) is 4.39 Å². The van der Waals surface area contributed by atoms with Crippen LogP contribution in [0.15, 0.2) is 18.3 Å². The minimum Gasteiger partial charge on any atom is -0.314 e. The molecule has 3 heterocycles. The third-order valence-corrected chi connectivity index (χ3v) is 3.28. The molecule has 0 saturated carbocycles. The zero-order chi connectivity index (χ0) is 11.7. The minimum atomic E-state index is -0.254. The molecule has 2 aromatic heterocycles. The molecule has 0 radical (unpaired) electrons. The molecule has 4 nitrogen and oxygen atoms in total. The predicted molar refractivity (Wildman–Crippen MR) is 62.3 cm³/mol. The van der Waals surface area contributed by atoms with E-state index in [9.17, 15) is 4.39 Å². The summed E-state index contributed by atoms with van der Waals surface area (Å²) in [5.41, 5.74) is 0.706. The third-order valence-electron chi connectivity index (χ3n) is 3.28. The summed E-state index contributed by atoms with van der Waals surface area (Å²) in [6.07, 6.45) is 5.91. The molecule has 0 aromatic carbocycles. The summed E-state index contributed by atoms with van der Waals surface area (Å²) >= 11 is 0. The zero-order valence-corrected chi connectivity index (χ0v) is 9.56. The first-order chi connectivity index (χ1) is 8.33. The van der Waals surface area contributed by atoms with Crippen LogP contribution in [0.2, 0.25) is 0 Å². The van der Waals surface area contributed by atoms with Gasteiger partial charge in [0, 0.05) is 18.7 Å². The molecule has 90 valence electrons. The fourth-order valence-electron chi connectivity index (χ4n) is 2.37. The van der Waals surface area contributed by atoms with Crippen molar-refractivity contribution in [2.75, 3.05) is 6.54 Å². The van der Waals surface area contributed by atoms with Gasteiger partial charge in [0.15, 0.2) is 5.65 Å². The fourth-order valence-corrected chi connectivity index (χ4v) is 2.37. The monoisotopic (exact) mass is 234 g/mol. The second kappa shape index (κ2) is 4.41. The van der Waals surface area contributed by atoms with Crippen LogP contribution in [0.5, 0.6) is 0 Å². The number of hydrogen-bond donors (Lipinski definition) is 1. The lowest BCUT2D eigenvalue weighted by Crippen LogP contribution is -2.36. The molecule has 0 amide bonds. The molecular formula is C12H15FN4. The molecule has 1 saturated heterocycles. The smallest absolute Gasteiger partial charge is 0.160 e. The molecule has 1 atom stereocenters. The van der Waals surface area contributed by atoms with E-state index in [0.29, 0.717) is 11.7 Å². The quantitative estimate of drug-likeness (QED) is 0.857. The molecule has 1 N–H and O–H groups in total. The summed E-state index contributed by atoms with van der Waals surface area (Å²) in [6.45, 7) is 1.07. The van der Waals surface area contributed by atoms with Crippen molar-refractivity contribution < 1.29 is 4.39 Å². The highest BCUT2D eigenvalue weighted by molar-refractivity contribution is 5.37. The molecule has 1 fully saturated rings. The minimum absolute atomic E-state index is 0.254. The van der Waals surface area contributed by atoms with Crippen LogP contribution in [-0.4, -0.2) is 27.2 Å². The molecule has 1 unspecified atom stereocenters. The van der Waals surface area contributed by atoms with Crippen LogP contribution < -0.4 is 5.32 Å². The van der Waals surface area contributed by atoms with Gasteiger partial charge in [-0.2, -0.15) is 0 Å². The van der Waals surface area contributed by atoms with Crippen molar-refractivity contribution in [3.63, 3.8) is 0 Å². The van der Waals surface area contributed by atoms with Gasteiger partial charge >= 0.3 is 0 Å². The molecule has 5 heteroatoms. The Labute approximate surface area is 98.9 Å². The lowest BCUT2D eigenvalue weighted by Gasteiger charge is -2.22. The molecule has 1 aliphatic rings. The zero-order valence-electron chi connectivity index (χ0n) is 9.56. The molecular weight excluding hydrogens is 219 g/mol. The van der Waals surface area contributed by atoms with Crippen LogP contribution in [0.3, 0.4) is 0 Å². The van der Waals surface area contributed by atoms with Crippen molar-refractivity contribution in [3.05, 3.63) is 30.0 Å². The summed E-state index contributed by atoms with van der Waals surface area (Å²) in [4.78, 5) is 0. The van der Waals surface area contributed by atoms with Gasteiger partial charge in [-0.3, -0.25) is 4.40 Å². The van der Waals surface area contributed by atoms with E-state index < -0.39 is 0 Å². The Morgan fingerprint density at radius 3 is 3.12 bits per heavy atom. The first kappa shape index (κ1) is 10.7. The number of halogens is 1. The number of aromatic nitrogens is 3. The summed E-state index contributed by atoms with van der Waals surface area (Å²) in [5, 5.41) is 11.6. The molecule has 0 spiro atoms. The van der Waals surface area contributed by atoms with E-state index in [2.05, 4.69) is 15.5 Å². The molecule has 0 aliphatic carbocycles. The Kier molecular flexibility index (Phi) is 2.76. The third kappa shape index (κ3) is 2.15. The second-order valence-corrected chi connectivity index (χ2v) is 4.54. The van der Waals surface area contributed by atoms with Crippen molar-refractivity contribution in [1.82, 2.24) is 19.9 Å². The number of rotatable bonds is 2. The molecule has 0 bridgehead atoms. The lowest BCUT2D eigenvalue weighted by atomic mass is 10.0. The standard InChI is InChI=1S/C12H15FN4/c13-9-4-5-11-15-16-12(17(11)8-9)7-10-3-1-2-6-14-10/h4-5,8,10,14H,1-3,6-7H2. The second-order valence-electron chi connectivity index (χ2n) is 4.54. The van der Waals surface area contributed by atoms with Crippen molar-refractivity contribution in [2.24, 2.45) is 0 Å². The number of hydrogen-bond acceptors (Lipinski definition) is 3. The van der Waals surface area contributed by atoms with Gasteiger partial charge in [0.1, 0.15) is 11.6 Å². The van der Waals surface area contributed by atoms with E-state index in [-0.39, 0.29) is 5.82 Å². The summed E-state index contributed by atoms with van der Waals surface area (Å²) in [7, 11) is 0. The SMILES string of the molecule is Fc1ccc2nnc(CC3CCCCN3)n2c1. The van der Waals surface area contributed by atoms with Crippen LogP contribution in [0.1, 0.15) is 25.1 Å². The maximum absolute atomic E-state index is 13.2. The van der Waals surface area contributed by atoms with Gasteiger partial charge in [0.25, 0.3) is 0 Å². The number of nitrogens with one attached hydrogen (secondary N) is 1. The first-order valence-electron chi connectivity index (χ1n) is 6.05. The van der Waals surface area contributed by atoms with Gasteiger partial charge in [0.2, 0.25) is 0 Å². The van der Waals surface area contributed by atoms with Crippen LogP contribution in [0, 0.1) is 5.82 Å². The van der Waals surface area contributed by atoms with E-state index in [4.69, 9.17) is 0 Å². The Morgan fingerprint density at radius 1 is 1.35 bits per heavy atom. The van der Waals surface area contributed by atoms with Crippen molar-refractivity contribution in [2.45, 2.75) is 31.7 Å². The Bertz CT molecular complexity index is 516. The highest BCUT2D eigenvalue weighted by atomic mass is 19.1. The molecule has 1 aliphatic heterocycles. The highest BCUT2D eigenvalue weighted by Crippen LogP contribution is 2.13. The van der Waals surface area contributed by atoms with Crippen LogP contribution >= 0.6 is 0 Å². The van der Waals surface area contributed by atoms with Crippen LogP contribution in [0.25, 0.3) is 5.65 Å². The Morgan fingerprint density at radius 2 is 2.29 bits per heavy atom. The van der Waals surface area contributed by atoms with E-state index in [1.54, 1.807) is 10.5 Å². The highest BCUT2D eigenvalue weighted by Gasteiger charge is 2.16. The van der Waals surface area contributed by atoms with E-state index >= 15 is 0 Å².